The van der Waals surface area contributed by atoms with E-state index in [0.717, 1.165) is 47.4 Å². The van der Waals surface area contributed by atoms with Crippen LogP contribution in [0.25, 0.3) is 10.9 Å². The topological polar surface area (TPSA) is 66.0 Å². The van der Waals surface area contributed by atoms with Gasteiger partial charge in [-0.15, -0.1) is 0 Å². The first-order chi connectivity index (χ1) is 17.0. The number of halogens is 1. The molecule has 7 nitrogen and oxygen atoms in total. The Morgan fingerprint density at radius 1 is 1.03 bits per heavy atom. The van der Waals surface area contributed by atoms with E-state index in [4.69, 9.17) is 21.3 Å². The Bertz CT molecular complexity index is 1260. The van der Waals surface area contributed by atoms with Crippen LogP contribution in [0.1, 0.15) is 28.5 Å². The lowest BCUT2D eigenvalue weighted by Gasteiger charge is -2.36. The number of hydrogen-bond donors (Lipinski definition) is 0. The molecule has 182 valence electrons. The molecule has 0 aliphatic carbocycles. The Morgan fingerprint density at radius 3 is 2.60 bits per heavy atom. The number of aromatic nitrogens is 1. The third-order valence-corrected chi connectivity index (χ3v) is 7.14. The average Bonchev–Trinajstić information content (AvgIpc) is 2.90. The lowest BCUT2D eigenvalue weighted by atomic mass is 9.96. The van der Waals surface area contributed by atoms with E-state index in [1.54, 1.807) is 4.90 Å². The van der Waals surface area contributed by atoms with E-state index >= 15 is 0 Å². The van der Waals surface area contributed by atoms with Crippen molar-refractivity contribution in [2.75, 3.05) is 50.8 Å². The lowest BCUT2D eigenvalue weighted by Crippen LogP contribution is -2.50. The van der Waals surface area contributed by atoms with E-state index in [1.165, 1.54) is 0 Å². The molecule has 0 unspecified atom stereocenters. The molecule has 0 radical (unpaired) electrons. The molecule has 3 aromatic rings. The number of para-hydroxylation sites is 1. The summed E-state index contributed by atoms with van der Waals surface area (Å²) in [6, 6.07) is 15.4. The van der Waals surface area contributed by atoms with Gasteiger partial charge in [-0.1, -0.05) is 42.8 Å². The number of benzene rings is 2. The highest BCUT2D eigenvalue weighted by atomic mass is 35.5. The van der Waals surface area contributed by atoms with Gasteiger partial charge in [0.2, 0.25) is 0 Å². The first-order valence-corrected chi connectivity index (χ1v) is 12.5. The zero-order valence-electron chi connectivity index (χ0n) is 19.9. The van der Waals surface area contributed by atoms with E-state index in [-0.39, 0.29) is 12.5 Å². The summed E-state index contributed by atoms with van der Waals surface area (Å²) in [6.45, 7) is 6.88. The number of esters is 1. The van der Waals surface area contributed by atoms with Gasteiger partial charge in [0, 0.05) is 73.0 Å². The second kappa shape index (κ2) is 10.2. The average molecular weight is 493 g/mol. The van der Waals surface area contributed by atoms with Crippen LogP contribution in [0.15, 0.2) is 48.5 Å². The molecule has 2 aliphatic heterocycles. The summed E-state index contributed by atoms with van der Waals surface area (Å²) in [6.07, 6.45) is 0.796. The molecular formula is C27H29ClN4O3. The maximum Gasteiger partial charge on any atom is 0.339 e. The number of carbonyl (C=O) groups is 2. The number of ether oxygens (including phenoxy) is 1. The first-order valence-electron chi connectivity index (χ1n) is 12.1. The number of piperazine rings is 1. The fourth-order valence-electron chi connectivity index (χ4n) is 4.93. The van der Waals surface area contributed by atoms with Crippen molar-refractivity contribution in [3.8, 4) is 0 Å². The van der Waals surface area contributed by atoms with Crippen LogP contribution in [0.2, 0.25) is 5.02 Å². The van der Waals surface area contributed by atoms with Crippen LogP contribution in [-0.2, 0) is 22.5 Å². The monoisotopic (exact) mass is 492 g/mol. The molecular weight excluding hydrogens is 464 g/mol. The van der Waals surface area contributed by atoms with Crippen molar-refractivity contribution in [1.82, 2.24) is 14.8 Å². The standard InChI is InChI=1S/C27H29ClN4O3/c1-2-30-11-10-24-22(17-30)26(21-8-3-4-9-23(21)29-24)27(34)35-18-25(33)32-14-12-31(13-15-32)20-7-5-6-19(28)16-20/h3-9,16H,2,10-15,17-18H2,1H3. The number of rotatable bonds is 5. The van der Waals surface area contributed by atoms with Gasteiger partial charge in [-0.3, -0.25) is 14.7 Å². The van der Waals surface area contributed by atoms with Gasteiger partial charge in [0.25, 0.3) is 5.91 Å². The number of anilines is 1. The number of fused-ring (bicyclic) bond motifs is 2. The van der Waals surface area contributed by atoms with Crippen LogP contribution in [0.5, 0.6) is 0 Å². The molecule has 2 aliphatic rings. The fourth-order valence-corrected chi connectivity index (χ4v) is 5.11. The second-order valence-corrected chi connectivity index (χ2v) is 9.41. The molecule has 1 aromatic heterocycles. The predicted octanol–water partition coefficient (Wildman–Crippen LogP) is 3.77. The Balaban J connectivity index is 1.27. The van der Waals surface area contributed by atoms with Crippen LogP contribution in [0.3, 0.4) is 0 Å². The predicted molar refractivity (Wildman–Crippen MR) is 137 cm³/mol. The van der Waals surface area contributed by atoms with Crippen molar-refractivity contribution in [2.24, 2.45) is 0 Å². The molecule has 0 N–H and O–H groups in total. The quantitative estimate of drug-likeness (QED) is 0.505. The minimum absolute atomic E-state index is 0.175. The molecule has 35 heavy (non-hydrogen) atoms. The largest absolute Gasteiger partial charge is 0.452 e. The summed E-state index contributed by atoms with van der Waals surface area (Å²) in [5.41, 5.74) is 4.24. The van der Waals surface area contributed by atoms with Gasteiger partial charge < -0.3 is 14.5 Å². The van der Waals surface area contributed by atoms with Gasteiger partial charge in [0.05, 0.1) is 11.1 Å². The Morgan fingerprint density at radius 2 is 1.83 bits per heavy atom. The van der Waals surface area contributed by atoms with Crippen molar-refractivity contribution in [1.29, 1.82) is 0 Å². The Hall–Kier alpha value is -3.16. The summed E-state index contributed by atoms with van der Waals surface area (Å²) in [7, 11) is 0. The van der Waals surface area contributed by atoms with E-state index in [2.05, 4.69) is 16.7 Å². The maximum absolute atomic E-state index is 13.3. The van der Waals surface area contributed by atoms with Crippen molar-refractivity contribution in [3.05, 3.63) is 70.4 Å². The Labute approximate surface area is 210 Å². The number of pyridine rings is 1. The normalized spacial score (nSPS) is 16.3. The van der Waals surface area contributed by atoms with Crippen LogP contribution in [0.4, 0.5) is 5.69 Å². The van der Waals surface area contributed by atoms with Crippen molar-refractivity contribution < 1.29 is 14.3 Å². The van der Waals surface area contributed by atoms with Crippen LogP contribution >= 0.6 is 11.6 Å². The van der Waals surface area contributed by atoms with Gasteiger partial charge in [-0.2, -0.15) is 0 Å². The fraction of sp³-hybridized carbons (Fsp3) is 0.370. The van der Waals surface area contributed by atoms with Crippen LogP contribution in [0, 0.1) is 0 Å². The molecule has 3 heterocycles. The molecule has 1 amide bonds. The van der Waals surface area contributed by atoms with Gasteiger partial charge >= 0.3 is 5.97 Å². The van der Waals surface area contributed by atoms with Gasteiger partial charge in [0.15, 0.2) is 6.61 Å². The molecule has 2 aromatic carbocycles. The summed E-state index contributed by atoms with van der Waals surface area (Å²) >= 11 is 6.12. The summed E-state index contributed by atoms with van der Waals surface area (Å²) in [4.78, 5) is 37.3. The third kappa shape index (κ3) is 4.97. The van der Waals surface area contributed by atoms with E-state index in [1.807, 2.05) is 48.5 Å². The summed E-state index contributed by atoms with van der Waals surface area (Å²) in [5.74, 6) is -0.629. The number of hydrogen-bond acceptors (Lipinski definition) is 6. The SMILES string of the molecule is CCN1CCc2nc3ccccc3c(C(=O)OCC(=O)N3CCN(c4cccc(Cl)c4)CC3)c2C1. The third-order valence-electron chi connectivity index (χ3n) is 6.91. The maximum atomic E-state index is 13.3. The molecule has 0 bridgehead atoms. The van der Waals surface area contributed by atoms with Gasteiger partial charge in [0.1, 0.15) is 0 Å². The Kier molecular flexibility index (Phi) is 6.88. The van der Waals surface area contributed by atoms with Crippen molar-refractivity contribution in [3.63, 3.8) is 0 Å². The highest BCUT2D eigenvalue weighted by molar-refractivity contribution is 6.30. The second-order valence-electron chi connectivity index (χ2n) is 8.97. The zero-order chi connectivity index (χ0) is 24.4. The zero-order valence-corrected chi connectivity index (χ0v) is 20.6. The highest BCUT2D eigenvalue weighted by Gasteiger charge is 2.28. The summed E-state index contributed by atoms with van der Waals surface area (Å²) in [5, 5.41) is 1.47. The molecule has 5 rings (SSSR count). The molecule has 1 saturated heterocycles. The molecule has 0 spiro atoms. The molecule has 1 fully saturated rings. The van der Waals surface area contributed by atoms with Crippen LogP contribution in [-0.4, -0.2) is 72.5 Å². The molecule has 0 saturated carbocycles. The van der Waals surface area contributed by atoms with E-state index in [9.17, 15) is 9.59 Å². The summed E-state index contributed by atoms with van der Waals surface area (Å²) < 4.78 is 5.61. The van der Waals surface area contributed by atoms with E-state index in [0.29, 0.717) is 43.3 Å². The van der Waals surface area contributed by atoms with Gasteiger partial charge in [-0.05, 0) is 30.8 Å². The van der Waals surface area contributed by atoms with Crippen molar-refractivity contribution >= 4 is 40.1 Å². The van der Waals surface area contributed by atoms with Crippen LogP contribution < -0.4 is 4.90 Å². The smallest absolute Gasteiger partial charge is 0.339 e. The highest BCUT2D eigenvalue weighted by Crippen LogP contribution is 2.29. The minimum Gasteiger partial charge on any atom is -0.452 e. The minimum atomic E-state index is -0.455. The van der Waals surface area contributed by atoms with E-state index < -0.39 is 5.97 Å². The number of nitrogens with zero attached hydrogens (tertiary/aromatic N) is 4. The lowest BCUT2D eigenvalue weighted by molar-refractivity contribution is -0.134. The number of likely N-dealkylation sites (N-methyl/N-ethyl adjacent to an activating group) is 1. The first kappa shape index (κ1) is 23.6. The molecule has 8 heteroatoms. The number of amides is 1. The molecule has 0 atom stereocenters. The van der Waals surface area contributed by atoms with Crippen molar-refractivity contribution in [2.45, 2.75) is 19.9 Å². The van der Waals surface area contributed by atoms with Gasteiger partial charge in [-0.25, -0.2) is 4.79 Å². The number of carbonyl (C=O) groups excluding carboxylic acids is 2.